The third-order valence-corrected chi connectivity index (χ3v) is 3.65. The van der Waals surface area contributed by atoms with Gasteiger partial charge in [-0.25, -0.2) is 23.2 Å². The van der Waals surface area contributed by atoms with E-state index in [9.17, 15) is 23.2 Å². The van der Waals surface area contributed by atoms with Crippen molar-refractivity contribution in [2.24, 2.45) is 7.05 Å². The lowest BCUT2D eigenvalue weighted by molar-refractivity contribution is 0.0279. The highest BCUT2D eigenvalue weighted by Gasteiger charge is 2.23. The number of carbonyl (C=O) groups is 2. The van der Waals surface area contributed by atoms with Crippen molar-refractivity contribution in [1.82, 2.24) is 19.2 Å². The number of amides is 1. The molecule has 1 aromatic carbocycles. The van der Waals surface area contributed by atoms with Gasteiger partial charge in [-0.15, -0.1) is 5.10 Å². The first-order valence-corrected chi connectivity index (χ1v) is 8.13. The van der Waals surface area contributed by atoms with Crippen LogP contribution in [-0.2, 0) is 18.3 Å². The zero-order valence-corrected chi connectivity index (χ0v) is 16.0. The Kier molecular flexibility index (Phi) is 5.57. The van der Waals surface area contributed by atoms with Crippen molar-refractivity contribution < 1.29 is 28.2 Å². The molecule has 0 spiro atoms. The van der Waals surface area contributed by atoms with E-state index < -0.39 is 46.2 Å². The largest absolute Gasteiger partial charge is 0.478 e. The predicted octanol–water partition coefficient (Wildman–Crippen LogP) is 1.91. The third kappa shape index (κ3) is 4.35. The molecule has 1 N–H and O–H groups in total. The van der Waals surface area contributed by atoms with Crippen molar-refractivity contribution in [3.63, 3.8) is 0 Å². The van der Waals surface area contributed by atoms with Gasteiger partial charge in [0.1, 0.15) is 22.9 Å². The summed E-state index contributed by atoms with van der Waals surface area (Å²) in [5.41, 5.74) is -2.93. The van der Waals surface area contributed by atoms with Gasteiger partial charge in [-0.1, -0.05) is 0 Å². The van der Waals surface area contributed by atoms with Crippen LogP contribution in [-0.4, -0.2) is 49.1 Å². The van der Waals surface area contributed by atoms with E-state index in [1.807, 2.05) is 0 Å². The summed E-state index contributed by atoms with van der Waals surface area (Å²) < 4.78 is 35.0. The van der Waals surface area contributed by atoms with Crippen LogP contribution in [0.5, 0.6) is 0 Å². The number of carboxylic acids is 1. The van der Waals surface area contributed by atoms with E-state index in [2.05, 4.69) is 5.10 Å². The summed E-state index contributed by atoms with van der Waals surface area (Å²) in [6.45, 7) is 4.95. The normalized spacial score (nSPS) is 11.4. The topological polar surface area (TPSA) is 107 Å². The summed E-state index contributed by atoms with van der Waals surface area (Å²) in [5.74, 6) is -3.91. The van der Waals surface area contributed by atoms with Gasteiger partial charge in [0.05, 0.1) is 12.1 Å². The summed E-state index contributed by atoms with van der Waals surface area (Å²) >= 11 is 0. The molecule has 152 valence electrons. The highest BCUT2D eigenvalue weighted by atomic mass is 19.1. The Morgan fingerprint density at radius 3 is 2.39 bits per heavy atom. The van der Waals surface area contributed by atoms with Gasteiger partial charge < -0.3 is 14.7 Å². The monoisotopic (exact) mass is 398 g/mol. The molecular weight excluding hydrogens is 378 g/mol. The highest BCUT2D eigenvalue weighted by molar-refractivity contribution is 5.88. The smallest absolute Gasteiger partial charge is 0.410 e. The summed E-state index contributed by atoms with van der Waals surface area (Å²) in [7, 11) is 2.78. The molecule has 0 radical (unpaired) electrons. The lowest BCUT2D eigenvalue weighted by Crippen LogP contribution is -2.34. The number of halogens is 2. The van der Waals surface area contributed by atoms with Crippen LogP contribution in [0, 0.1) is 11.6 Å². The number of nitrogens with zero attached hydrogens (tertiary/aromatic N) is 4. The van der Waals surface area contributed by atoms with Gasteiger partial charge in [0.25, 0.3) is 0 Å². The van der Waals surface area contributed by atoms with Gasteiger partial charge in [-0.05, 0) is 26.8 Å². The van der Waals surface area contributed by atoms with Crippen molar-refractivity contribution in [2.75, 3.05) is 7.05 Å². The van der Waals surface area contributed by atoms with Crippen molar-refractivity contribution in [3.05, 3.63) is 45.6 Å². The second kappa shape index (κ2) is 7.41. The number of aromatic nitrogens is 3. The first kappa shape index (κ1) is 21.1. The number of aromatic carboxylic acids is 1. The molecule has 9 nitrogen and oxygen atoms in total. The Morgan fingerprint density at radius 2 is 1.86 bits per heavy atom. The number of carboxylic acid groups (broad SMARTS) is 1. The van der Waals surface area contributed by atoms with Crippen LogP contribution in [0.25, 0.3) is 5.69 Å². The second-order valence-electron chi connectivity index (χ2n) is 7.09. The van der Waals surface area contributed by atoms with Gasteiger partial charge in [0.15, 0.2) is 5.82 Å². The maximum Gasteiger partial charge on any atom is 0.410 e. The zero-order valence-electron chi connectivity index (χ0n) is 16.0. The Bertz CT molecular complexity index is 991. The number of carbonyl (C=O) groups excluding carboxylic acids is 1. The summed E-state index contributed by atoms with van der Waals surface area (Å²) in [5, 5.41) is 12.8. The zero-order chi connectivity index (χ0) is 21.4. The lowest BCUT2D eigenvalue weighted by atomic mass is 10.2. The fourth-order valence-corrected chi connectivity index (χ4v) is 2.25. The van der Waals surface area contributed by atoms with Gasteiger partial charge >= 0.3 is 17.8 Å². The number of benzene rings is 1. The summed E-state index contributed by atoms with van der Waals surface area (Å²) in [6, 6.07) is 1.05. The SMILES string of the molecule is CN(Cc1nn(-c2cc(F)c(C(=O)O)cc2F)c(=O)n1C)C(=O)OC(C)(C)C. The van der Waals surface area contributed by atoms with E-state index in [4.69, 9.17) is 9.84 Å². The molecule has 2 aromatic rings. The number of hydrogen-bond acceptors (Lipinski definition) is 5. The number of rotatable bonds is 4. The third-order valence-electron chi connectivity index (χ3n) is 3.65. The second-order valence-corrected chi connectivity index (χ2v) is 7.09. The molecule has 0 atom stereocenters. The molecule has 1 heterocycles. The molecule has 0 saturated carbocycles. The molecule has 2 rings (SSSR count). The van der Waals surface area contributed by atoms with Gasteiger partial charge in [0.2, 0.25) is 0 Å². The minimum absolute atomic E-state index is 0.0838. The molecular formula is C17H20F2N4O5. The molecule has 28 heavy (non-hydrogen) atoms. The van der Waals surface area contributed by atoms with E-state index in [1.54, 1.807) is 20.8 Å². The van der Waals surface area contributed by atoms with E-state index in [0.29, 0.717) is 16.8 Å². The first-order valence-electron chi connectivity index (χ1n) is 8.13. The molecule has 0 aliphatic rings. The Morgan fingerprint density at radius 1 is 1.25 bits per heavy atom. The Hall–Kier alpha value is -3.24. The molecule has 1 amide bonds. The van der Waals surface area contributed by atoms with Crippen LogP contribution < -0.4 is 5.69 Å². The molecule has 1 aromatic heterocycles. The average Bonchev–Trinajstić information content (AvgIpc) is 2.83. The predicted molar refractivity (Wildman–Crippen MR) is 93.4 cm³/mol. The van der Waals surface area contributed by atoms with Crippen LogP contribution in [0.1, 0.15) is 37.0 Å². The average molecular weight is 398 g/mol. The number of hydrogen-bond donors (Lipinski definition) is 1. The Labute approximate surface area is 158 Å². The van der Waals surface area contributed by atoms with E-state index in [-0.39, 0.29) is 12.4 Å². The first-order chi connectivity index (χ1) is 12.8. The van der Waals surface area contributed by atoms with Crippen LogP contribution in [0.4, 0.5) is 13.6 Å². The quantitative estimate of drug-likeness (QED) is 0.843. The summed E-state index contributed by atoms with van der Waals surface area (Å²) in [4.78, 5) is 36.5. The van der Waals surface area contributed by atoms with Crippen molar-refractivity contribution in [2.45, 2.75) is 32.9 Å². The van der Waals surface area contributed by atoms with Gasteiger partial charge in [0, 0.05) is 20.2 Å². The maximum absolute atomic E-state index is 14.3. The van der Waals surface area contributed by atoms with E-state index in [1.165, 1.54) is 19.0 Å². The standard InChI is InChI=1S/C17H20F2N4O5/c1-17(2,3)28-16(27)21(4)8-13-20-23(15(26)22(13)5)12-7-10(18)9(14(24)25)6-11(12)19/h6-7H,8H2,1-5H3,(H,24,25). The van der Waals surface area contributed by atoms with Gasteiger partial charge in [-0.2, -0.15) is 4.68 Å². The molecule has 0 bridgehead atoms. The molecule has 0 aliphatic heterocycles. The van der Waals surface area contributed by atoms with E-state index in [0.717, 1.165) is 4.57 Å². The van der Waals surface area contributed by atoms with Crippen molar-refractivity contribution in [1.29, 1.82) is 0 Å². The Balaban J connectivity index is 2.39. The molecule has 0 saturated heterocycles. The molecule has 0 fully saturated rings. The highest BCUT2D eigenvalue weighted by Crippen LogP contribution is 2.18. The van der Waals surface area contributed by atoms with Crippen molar-refractivity contribution >= 4 is 12.1 Å². The number of ether oxygens (including phenoxy) is 1. The minimum Gasteiger partial charge on any atom is -0.478 e. The molecule has 0 aliphatic carbocycles. The summed E-state index contributed by atoms with van der Waals surface area (Å²) in [6.07, 6.45) is -0.655. The van der Waals surface area contributed by atoms with Crippen molar-refractivity contribution in [3.8, 4) is 5.69 Å². The fraction of sp³-hybridized carbons (Fsp3) is 0.412. The fourth-order valence-electron chi connectivity index (χ4n) is 2.25. The lowest BCUT2D eigenvalue weighted by Gasteiger charge is -2.24. The van der Waals surface area contributed by atoms with Gasteiger partial charge in [-0.3, -0.25) is 4.57 Å². The van der Waals surface area contributed by atoms with Crippen LogP contribution >= 0.6 is 0 Å². The molecule has 0 unspecified atom stereocenters. The van der Waals surface area contributed by atoms with Crippen LogP contribution in [0.3, 0.4) is 0 Å². The van der Waals surface area contributed by atoms with E-state index >= 15 is 0 Å². The van der Waals surface area contributed by atoms with Crippen LogP contribution in [0.2, 0.25) is 0 Å². The molecule has 11 heteroatoms. The van der Waals surface area contributed by atoms with Crippen LogP contribution in [0.15, 0.2) is 16.9 Å². The maximum atomic E-state index is 14.3. The minimum atomic E-state index is -1.64.